The van der Waals surface area contributed by atoms with Gasteiger partial charge in [-0.05, 0) is 30.7 Å². The van der Waals surface area contributed by atoms with Crippen molar-refractivity contribution in [2.24, 2.45) is 5.84 Å². The fourth-order valence-electron chi connectivity index (χ4n) is 1.78. The Balaban J connectivity index is 2.01. The quantitative estimate of drug-likeness (QED) is 0.491. The maximum absolute atomic E-state index is 5.66. The van der Waals surface area contributed by atoms with E-state index in [1.54, 1.807) is 11.8 Å². The van der Waals surface area contributed by atoms with Crippen LogP contribution in [0.3, 0.4) is 0 Å². The van der Waals surface area contributed by atoms with E-state index in [0.29, 0.717) is 0 Å². The van der Waals surface area contributed by atoms with Gasteiger partial charge < -0.3 is 0 Å². The van der Waals surface area contributed by atoms with Gasteiger partial charge in [0.15, 0.2) is 0 Å². The second kappa shape index (κ2) is 7.10. The Kier molecular flexibility index (Phi) is 5.45. The summed E-state index contributed by atoms with van der Waals surface area (Å²) in [6, 6.07) is 16.9. The van der Waals surface area contributed by atoms with E-state index in [1.807, 2.05) is 12.1 Å². The van der Waals surface area contributed by atoms with E-state index in [1.165, 1.54) is 16.0 Å². The molecule has 0 fully saturated rings. The van der Waals surface area contributed by atoms with Crippen molar-refractivity contribution in [1.82, 2.24) is 5.43 Å². The van der Waals surface area contributed by atoms with Gasteiger partial charge in [-0.15, -0.1) is 11.8 Å². The fourth-order valence-corrected chi connectivity index (χ4v) is 3.36. The van der Waals surface area contributed by atoms with Crippen LogP contribution < -0.4 is 11.3 Å². The maximum atomic E-state index is 5.66. The van der Waals surface area contributed by atoms with E-state index in [0.717, 1.165) is 10.2 Å². The highest BCUT2D eigenvalue weighted by Gasteiger charge is 2.10. The van der Waals surface area contributed by atoms with E-state index in [2.05, 4.69) is 64.7 Å². The smallest absolute Gasteiger partial charge is 0.0553 e. The predicted molar refractivity (Wildman–Crippen MR) is 86.1 cm³/mol. The molecule has 1 atom stereocenters. The van der Waals surface area contributed by atoms with Gasteiger partial charge in [0.25, 0.3) is 0 Å². The summed E-state index contributed by atoms with van der Waals surface area (Å²) in [4.78, 5) is 1.24. The Morgan fingerprint density at radius 1 is 1.21 bits per heavy atom. The molecule has 0 amide bonds. The van der Waals surface area contributed by atoms with Gasteiger partial charge in [0.2, 0.25) is 0 Å². The topological polar surface area (TPSA) is 38.0 Å². The van der Waals surface area contributed by atoms with E-state index in [9.17, 15) is 0 Å². The standard InChI is InChI=1S/C15H17BrN2S/c1-11-5-7-12(8-6-11)15(18-17)10-19-14-4-2-3-13(16)9-14/h2-9,15,18H,10,17H2,1H3. The monoisotopic (exact) mass is 336 g/mol. The number of halogens is 1. The lowest BCUT2D eigenvalue weighted by Gasteiger charge is -2.16. The SMILES string of the molecule is Cc1ccc(C(CSc2cccc(Br)c2)NN)cc1. The first-order valence-corrected chi connectivity index (χ1v) is 7.88. The average Bonchev–Trinajstić information content (AvgIpc) is 2.41. The summed E-state index contributed by atoms with van der Waals surface area (Å²) in [6.07, 6.45) is 0. The summed E-state index contributed by atoms with van der Waals surface area (Å²) in [5.41, 5.74) is 5.37. The molecule has 0 heterocycles. The first kappa shape index (κ1) is 14.6. The summed E-state index contributed by atoms with van der Waals surface area (Å²) in [5.74, 6) is 6.56. The van der Waals surface area contributed by atoms with Crippen molar-refractivity contribution in [2.45, 2.75) is 17.9 Å². The molecule has 2 aromatic rings. The Hall–Kier alpha value is -0.810. The van der Waals surface area contributed by atoms with Crippen LogP contribution in [0.4, 0.5) is 0 Å². The molecule has 0 aliphatic carbocycles. The molecule has 0 bridgehead atoms. The number of thioether (sulfide) groups is 1. The molecule has 0 saturated carbocycles. The number of rotatable bonds is 5. The van der Waals surface area contributed by atoms with Crippen LogP contribution in [0.15, 0.2) is 57.9 Å². The third-order valence-corrected chi connectivity index (χ3v) is 4.47. The number of hydrazine groups is 1. The highest BCUT2D eigenvalue weighted by atomic mass is 79.9. The third-order valence-electron chi connectivity index (χ3n) is 2.89. The van der Waals surface area contributed by atoms with E-state index in [-0.39, 0.29) is 6.04 Å². The van der Waals surface area contributed by atoms with Crippen LogP contribution in [-0.2, 0) is 0 Å². The molecule has 1 unspecified atom stereocenters. The lowest BCUT2D eigenvalue weighted by Crippen LogP contribution is -2.29. The molecule has 0 spiro atoms. The maximum Gasteiger partial charge on any atom is 0.0553 e. The Morgan fingerprint density at radius 3 is 2.58 bits per heavy atom. The van der Waals surface area contributed by atoms with Crippen molar-refractivity contribution >= 4 is 27.7 Å². The van der Waals surface area contributed by atoms with Gasteiger partial charge in [-0.1, -0.05) is 51.8 Å². The minimum absolute atomic E-state index is 0.157. The van der Waals surface area contributed by atoms with Crippen LogP contribution in [-0.4, -0.2) is 5.75 Å². The molecule has 4 heteroatoms. The summed E-state index contributed by atoms with van der Waals surface area (Å²) in [6.45, 7) is 2.09. The van der Waals surface area contributed by atoms with Crippen molar-refractivity contribution in [3.63, 3.8) is 0 Å². The van der Waals surface area contributed by atoms with E-state index >= 15 is 0 Å². The highest BCUT2D eigenvalue weighted by molar-refractivity contribution is 9.10. The van der Waals surface area contributed by atoms with Crippen LogP contribution in [0, 0.1) is 6.92 Å². The van der Waals surface area contributed by atoms with Gasteiger partial charge in [-0.25, -0.2) is 0 Å². The number of hydrogen-bond acceptors (Lipinski definition) is 3. The lowest BCUT2D eigenvalue weighted by atomic mass is 10.1. The van der Waals surface area contributed by atoms with Crippen molar-refractivity contribution < 1.29 is 0 Å². The molecule has 0 aromatic heterocycles. The van der Waals surface area contributed by atoms with Crippen molar-refractivity contribution in [2.75, 3.05) is 5.75 Å². The molecule has 2 rings (SSSR count). The zero-order chi connectivity index (χ0) is 13.7. The predicted octanol–water partition coefficient (Wildman–Crippen LogP) is 4.05. The molecule has 0 saturated heterocycles. The number of aryl methyl sites for hydroxylation is 1. The largest absolute Gasteiger partial charge is 0.271 e. The Morgan fingerprint density at radius 2 is 1.95 bits per heavy atom. The summed E-state index contributed by atoms with van der Waals surface area (Å²) < 4.78 is 1.10. The Bertz CT molecular complexity index is 528. The van der Waals surface area contributed by atoms with Gasteiger partial charge in [0, 0.05) is 15.1 Å². The van der Waals surface area contributed by atoms with E-state index in [4.69, 9.17) is 5.84 Å². The molecular weight excluding hydrogens is 320 g/mol. The van der Waals surface area contributed by atoms with Crippen molar-refractivity contribution in [3.05, 3.63) is 64.1 Å². The summed E-state index contributed by atoms with van der Waals surface area (Å²) in [7, 11) is 0. The Labute approximate surface area is 126 Å². The van der Waals surface area contributed by atoms with Crippen LogP contribution in [0.2, 0.25) is 0 Å². The third kappa shape index (κ3) is 4.35. The second-order valence-corrected chi connectivity index (χ2v) is 6.41. The van der Waals surface area contributed by atoms with Gasteiger partial charge in [0.1, 0.15) is 0 Å². The van der Waals surface area contributed by atoms with Crippen molar-refractivity contribution in [1.29, 1.82) is 0 Å². The summed E-state index contributed by atoms with van der Waals surface area (Å²) in [5, 5.41) is 0. The minimum Gasteiger partial charge on any atom is -0.271 e. The fraction of sp³-hybridized carbons (Fsp3) is 0.200. The molecule has 100 valence electrons. The minimum atomic E-state index is 0.157. The van der Waals surface area contributed by atoms with Crippen LogP contribution in [0.1, 0.15) is 17.2 Å². The molecule has 0 aliphatic heterocycles. The molecule has 0 aliphatic rings. The second-order valence-electron chi connectivity index (χ2n) is 4.40. The first-order chi connectivity index (χ1) is 9.19. The molecule has 2 aromatic carbocycles. The lowest BCUT2D eigenvalue weighted by molar-refractivity contribution is 0.610. The van der Waals surface area contributed by atoms with Gasteiger partial charge in [-0.2, -0.15) is 0 Å². The van der Waals surface area contributed by atoms with E-state index < -0.39 is 0 Å². The zero-order valence-electron chi connectivity index (χ0n) is 10.8. The van der Waals surface area contributed by atoms with Gasteiger partial charge in [0.05, 0.1) is 6.04 Å². The molecule has 2 nitrogen and oxygen atoms in total. The number of nitrogens with two attached hydrogens (primary N) is 1. The number of nitrogens with one attached hydrogen (secondary N) is 1. The van der Waals surface area contributed by atoms with Crippen LogP contribution in [0.5, 0.6) is 0 Å². The van der Waals surface area contributed by atoms with Crippen LogP contribution in [0.25, 0.3) is 0 Å². The molecule has 19 heavy (non-hydrogen) atoms. The normalized spacial score (nSPS) is 12.4. The number of benzene rings is 2. The number of hydrogen-bond donors (Lipinski definition) is 2. The molecule has 3 N–H and O–H groups in total. The van der Waals surface area contributed by atoms with Crippen LogP contribution >= 0.6 is 27.7 Å². The highest BCUT2D eigenvalue weighted by Crippen LogP contribution is 2.26. The van der Waals surface area contributed by atoms with Gasteiger partial charge in [-0.3, -0.25) is 11.3 Å². The zero-order valence-corrected chi connectivity index (χ0v) is 13.2. The summed E-state index contributed by atoms with van der Waals surface area (Å²) >= 11 is 5.28. The molecule has 0 radical (unpaired) electrons. The van der Waals surface area contributed by atoms with Crippen molar-refractivity contribution in [3.8, 4) is 0 Å². The average molecular weight is 337 g/mol. The molecular formula is C15H17BrN2S. The van der Waals surface area contributed by atoms with Gasteiger partial charge >= 0.3 is 0 Å². The first-order valence-electron chi connectivity index (χ1n) is 6.10.